The number of nitrogens with one attached hydrogen (secondary N) is 1. The molecule has 3 rings (SSSR count). The number of pyridine rings is 1. The number of aromatic nitrogens is 1. The van der Waals surface area contributed by atoms with Crippen molar-refractivity contribution in [2.75, 3.05) is 0 Å². The van der Waals surface area contributed by atoms with Crippen molar-refractivity contribution >= 4 is 0 Å². The number of aromatic amines is 1. The third-order valence-electron chi connectivity index (χ3n) is 3.77. The Labute approximate surface area is 81.8 Å². The zero-order valence-corrected chi connectivity index (χ0v) is 7.86. The molecule has 0 saturated heterocycles. The van der Waals surface area contributed by atoms with Crippen LogP contribution in [-0.2, 0) is 5.60 Å². The van der Waals surface area contributed by atoms with Gasteiger partial charge in [0, 0.05) is 12.3 Å². The van der Waals surface area contributed by atoms with Crippen molar-refractivity contribution in [3.63, 3.8) is 0 Å². The van der Waals surface area contributed by atoms with Gasteiger partial charge < -0.3 is 10.1 Å². The molecule has 2 aliphatic rings. The highest BCUT2D eigenvalue weighted by Gasteiger charge is 2.66. The van der Waals surface area contributed by atoms with E-state index in [1.807, 2.05) is 6.07 Å². The van der Waals surface area contributed by atoms with Crippen molar-refractivity contribution in [3.8, 4) is 0 Å². The number of fused-ring (bicyclic) bond motifs is 1. The van der Waals surface area contributed by atoms with Crippen molar-refractivity contribution in [3.05, 3.63) is 34.2 Å². The van der Waals surface area contributed by atoms with E-state index in [1.54, 1.807) is 6.20 Å². The molecule has 74 valence electrons. The minimum absolute atomic E-state index is 0.124. The Morgan fingerprint density at radius 1 is 1.43 bits per heavy atom. The predicted molar refractivity (Wildman–Crippen MR) is 51.8 cm³/mol. The fourth-order valence-electron chi connectivity index (χ4n) is 3.04. The maximum atomic E-state index is 11.1. The molecule has 0 amide bonds. The molecule has 0 bridgehead atoms. The zero-order chi connectivity index (χ0) is 9.76. The Kier molecular flexibility index (Phi) is 1.46. The summed E-state index contributed by atoms with van der Waals surface area (Å²) >= 11 is 0. The monoisotopic (exact) mass is 191 g/mol. The molecule has 0 aromatic carbocycles. The number of rotatable bonds is 1. The Hall–Kier alpha value is -1.09. The van der Waals surface area contributed by atoms with Crippen LogP contribution in [-0.4, -0.2) is 10.1 Å². The fraction of sp³-hybridized carbons (Fsp3) is 0.545. The van der Waals surface area contributed by atoms with Gasteiger partial charge in [0.15, 0.2) is 0 Å². The third kappa shape index (κ3) is 0.879. The van der Waals surface area contributed by atoms with E-state index < -0.39 is 5.60 Å². The number of hydrogen-bond acceptors (Lipinski definition) is 2. The normalized spacial score (nSPS) is 39.5. The lowest BCUT2D eigenvalue weighted by molar-refractivity contribution is 0.105. The molecule has 2 saturated carbocycles. The van der Waals surface area contributed by atoms with Crippen LogP contribution in [0.1, 0.15) is 24.8 Å². The first-order chi connectivity index (χ1) is 6.73. The molecule has 0 spiro atoms. The Balaban J connectivity index is 2.01. The molecule has 2 N–H and O–H groups in total. The summed E-state index contributed by atoms with van der Waals surface area (Å²) in [6, 6.07) is 3.35. The molecular weight excluding hydrogens is 178 g/mol. The number of aliphatic hydroxyl groups is 1. The van der Waals surface area contributed by atoms with E-state index in [4.69, 9.17) is 0 Å². The summed E-state index contributed by atoms with van der Waals surface area (Å²) in [5.74, 6) is 0.814. The molecular formula is C11H13NO2. The minimum atomic E-state index is -0.674. The van der Waals surface area contributed by atoms with Crippen LogP contribution in [0, 0.1) is 11.8 Å². The summed E-state index contributed by atoms with van der Waals surface area (Å²) in [4.78, 5) is 13.7. The van der Waals surface area contributed by atoms with Crippen LogP contribution in [0.25, 0.3) is 0 Å². The molecule has 1 aromatic rings. The average molecular weight is 191 g/mol. The van der Waals surface area contributed by atoms with Crippen LogP contribution in [0.5, 0.6) is 0 Å². The van der Waals surface area contributed by atoms with Gasteiger partial charge in [-0.1, -0.05) is 6.42 Å². The van der Waals surface area contributed by atoms with Gasteiger partial charge in [0.2, 0.25) is 5.56 Å². The van der Waals surface area contributed by atoms with Crippen molar-refractivity contribution < 1.29 is 5.11 Å². The van der Waals surface area contributed by atoms with Crippen molar-refractivity contribution in [1.29, 1.82) is 0 Å². The maximum Gasteiger partial charge on any atom is 0.248 e. The molecule has 14 heavy (non-hydrogen) atoms. The van der Waals surface area contributed by atoms with Crippen LogP contribution >= 0.6 is 0 Å². The second kappa shape index (κ2) is 2.48. The van der Waals surface area contributed by atoms with Gasteiger partial charge in [-0.05, 0) is 36.3 Å². The molecule has 1 heterocycles. The summed E-state index contributed by atoms with van der Waals surface area (Å²) < 4.78 is 0. The first kappa shape index (κ1) is 8.24. The van der Waals surface area contributed by atoms with E-state index in [2.05, 4.69) is 4.98 Å². The van der Waals surface area contributed by atoms with Gasteiger partial charge in [-0.2, -0.15) is 0 Å². The largest absolute Gasteiger partial charge is 0.385 e. The van der Waals surface area contributed by atoms with Crippen LogP contribution < -0.4 is 5.56 Å². The molecule has 3 nitrogen and oxygen atoms in total. The average Bonchev–Trinajstić information content (AvgIpc) is 2.62. The SMILES string of the molecule is O=c1cc(C2(O)C3CCCC32)cc[nH]1. The first-order valence-corrected chi connectivity index (χ1v) is 5.14. The molecule has 2 aliphatic carbocycles. The molecule has 0 radical (unpaired) electrons. The van der Waals surface area contributed by atoms with Crippen LogP contribution in [0.4, 0.5) is 0 Å². The van der Waals surface area contributed by atoms with E-state index in [-0.39, 0.29) is 5.56 Å². The zero-order valence-electron chi connectivity index (χ0n) is 7.86. The van der Waals surface area contributed by atoms with Gasteiger partial charge in [0.05, 0.1) is 5.60 Å². The maximum absolute atomic E-state index is 11.1. The summed E-state index contributed by atoms with van der Waals surface area (Å²) in [5.41, 5.74) is 0.00354. The van der Waals surface area contributed by atoms with E-state index in [0.717, 1.165) is 18.4 Å². The molecule has 2 atom stereocenters. The Morgan fingerprint density at radius 2 is 2.14 bits per heavy atom. The van der Waals surface area contributed by atoms with E-state index >= 15 is 0 Å². The van der Waals surface area contributed by atoms with Gasteiger partial charge in [-0.15, -0.1) is 0 Å². The predicted octanol–water partition coefficient (Wildman–Crippen LogP) is 0.992. The summed E-state index contributed by atoms with van der Waals surface area (Å²) in [7, 11) is 0. The van der Waals surface area contributed by atoms with E-state index in [0.29, 0.717) is 11.8 Å². The quantitative estimate of drug-likeness (QED) is 0.695. The van der Waals surface area contributed by atoms with Crippen LogP contribution in [0.2, 0.25) is 0 Å². The number of hydrogen-bond donors (Lipinski definition) is 2. The van der Waals surface area contributed by atoms with E-state index in [1.165, 1.54) is 12.5 Å². The fourth-order valence-corrected chi connectivity index (χ4v) is 3.04. The topological polar surface area (TPSA) is 53.1 Å². The molecule has 1 aromatic heterocycles. The molecule has 2 unspecified atom stereocenters. The van der Waals surface area contributed by atoms with E-state index in [9.17, 15) is 9.90 Å². The Morgan fingerprint density at radius 3 is 2.79 bits per heavy atom. The number of H-pyrrole nitrogens is 1. The summed E-state index contributed by atoms with van der Waals surface area (Å²) in [5, 5.41) is 10.4. The van der Waals surface area contributed by atoms with Gasteiger partial charge in [0.1, 0.15) is 0 Å². The lowest BCUT2D eigenvalue weighted by Crippen LogP contribution is -2.16. The smallest absolute Gasteiger partial charge is 0.248 e. The highest BCUT2D eigenvalue weighted by atomic mass is 16.3. The van der Waals surface area contributed by atoms with Crippen molar-refractivity contribution in [2.24, 2.45) is 11.8 Å². The lowest BCUT2D eigenvalue weighted by Gasteiger charge is -2.13. The molecule has 2 fully saturated rings. The Bertz CT molecular complexity index is 413. The first-order valence-electron chi connectivity index (χ1n) is 5.14. The van der Waals surface area contributed by atoms with Crippen LogP contribution in [0.3, 0.4) is 0 Å². The van der Waals surface area contributed by atoms with Crippen molar-refractivity contribution in [1.82, 2.24) is 4.98 Å². The second-order valence-corrected chi connectivity index (χ2v) is 4.41. The van der Waals surface area contributed by atoms with Crippen molar-refractivity contribution in [2.45, 2.75) is 24.9 Å². The molecule has 0 aliphatic heterocycles. The molecule has 3 heteroatoms. The van der Waals surface area contributed by atoms with Gasteiger partial charge in [0.25, 0.3) is 0 Å². The van der Waals surface area contributed by atoms with Gasteiger partial charge >= 0.3 is 0 Å². The third-order valence-corrected chi connectivity index (χ3v) is 3.77. The van der Waals surface area contributed by atoms with Gasteiger partial charge in [-0.3, -0.25) is 4.79 Å². The summed E-state index contributed by atoms with van der Waals surface area (Å²) in [6.07, 6.45) is 5.05. The van der Waals surface area contributed by atoms with Crippen LogP contribution in [0.15, 0.2) is 23.1 Å². The summed E-state index contributed by atoms with van der Waals surface area (Å²) in [6.45, 7) is 0. The second-order valence-electron chi connectivity index (χ2n) is 4.41. The standard InChI is InChI=1S/C11H13NO2/c13-10-6-7(4-5-12-10)11(14)8-2-1-3-9(8)11/h4-6,8-9,14H,1-3H2,(H,12,13). The highest BCUT2D eigenvalue weighted by molar-refractivity contribution is 5.32. The minimum Gasteiger partial charge on any atom is -0.385 e. The van der Waals surface area contributed by atoms with Gasteiger partial charge in [-0.25, -0.2) is 0 Å². The highest BCUT2D eigenvalue weighted by Crippen LogP contribution is 2.65. The lowest BCUT2D eigenvalue weighted by atomic mass is 10.0.